The van der Waals surface area contributed by atoms with Gasteiger partial charge in [0, 0.05) is 17.9 Å². The summed E-state index contributed by atoms with van der Waals surface area (Å²) in [5.74, 6) is 3.30. The van der Waals surface area contributed by atoms with E-state index in [0.29, 0.717) is 12.5 Å². The highest BCUT2D eigenvalue weighted by Gasteiger charge is 2.30. The summed E-state index contributed by atoms with van der Waals surface area (Å²) in [7, 11) is 0. The van der Waals surface area contributed by atoms with E-state index in [2.05, 4.69) is 29.2 Å². The summed E-state index contributed by atoms with van der Waals surface area (Å²) in [6.07, 6.45) is 4.19. The molecule has 1 fully saturated rings. The Bertz CT molecular complexity index is 1090. The molecule has 150 valence electrons. The lowest BCUT2D eigenvalue weighted by atomic mass is 10.2. The van der Waals surface area contributed by atoms with Crippen molar-refractivity contribution in [3.63, 3.8) is 0 Å². The fourth-order valence-electron chi connectivity index (χ4n) is 3.20. The number of ether oxygens (including phenoxy) is 1. The number of rotatable bonds is 8. The van der Waals surface area contributed by atoms with Gasteiger partial charge in [-0.1, -0.05) is 48.2 Å². The maximum absolute atomic E-state index is 5.81. The number of benzene rings is 2. The fourth-order valence-corrected chi connectivity index (χ4v) is 3.99. The molecule has 30 heavy (non-hydrogen) atoms. The van der Waals surface area contributed by atoms with Gasteiger partial charge in [0.25, 0.3) is 0 Å². The first-order chi connectivity index (χ1) is 14.8. The molecular formula is C24H22N4OS. The lowest BCUT2D eigenvalue weighted by Crippen LogP contribution is -2.01. The van der Waals surface area contributed by atoms with Crippen LogP contribution in [0.4, 0.5) is 0 Å². The van der Waals surface area contributed by atoms with Crippen molar-refractivity contribution in [2.75, 3.05) is 0 Å². The molecule has 2 aromatic carbocycles. The molecule has 0 unspecified atom stereocenters. The molecule has 0 radical (unpaired) electrons. The van der Waals surface area contributed by atoms with Gasteiger partial charge in [-0.2, -0.15) is 0 Å². The molecule has 1 aliphatic carbocycles. The van der Waals surface area contributed by atoms with Crippen LogP contribution in [0.2, 0.25) is 0 Å². The van der Waals surface area contributed by atoms with Crippen LogP contribution in [-0.4, -0.2) is 19.7 Å². The van der Waals surface area contributed by atoms with Crippen molar-refractivity contribution in [1.82, 2.24) is 19.7 Å². The van der Waals surface area contributed by atoms with Gasteiger partial charge < -0.3 is 4.74 Å². The number of hydrogen-bond donors (Lipinski definition) is 0. The van der Waals surface area contributed by atoms with Gasteiger partial charge in [0.05, 0.1) is 11.4 Å². The predicted octanol–water partition coefficient (Wildman–Crippen LogP) is 5.41. The second-order valence-electron chi connectivity index (χ2n) is 7.32. The number of aromatic nitrogens is 4. The zero-order chi connectivity index (χ0) is 20.2. The van der Waals surface area contributed by atoms with E-state index in [-0.39, 0.29) is 0 Å². The third-order valence-corrected chi connectivity index (χ3v) is 5.87. The number of thioether (sulfide) groups is 1. The molecule has 4 aromatic rings. The maximum atomic E-state index is 5.81. The number of para-hydroxylation sites is 1. The van der Waals surface area contributed by atoms with E-state index < -0.39 is 0 Å². The van der Waals surface area contributed by atoms with Gasteiger partial charge >= 0.3 is 0 Å². The number of pyridine rings is 1. The van der Waals surface area contributed by atoms with Gasteiger partial charge in [0.2, 0.25) is 5.16 Å². The Morgan fingerprint density at radius 3 is 2.47 bits per heavy atom. The molecule has 0 aliphatic heterocycles. The molecule has 0 amide bonds. The normalized spacial score (nSPS) is 13.3. The number of hydrogen-bond acceptors (Lipinski definition) is 5. The Hall–Kier alpha value is -3.12. The Kier molecular flexibility index (Phi) is 5.48. The molecule has 0 bridgehead atoms. The summed E-state index contributed by atoms with van der Waals surface area (Å²) in [4.78, 5) is 9.11. The topological polar surface area (TPSA) is 52.8 Å². The summed E-state index contributed by atoms with van der Waals surface area (Å²) in [5.41, 5.74) is 3.21. The zero-order valence-electron chi connectivity index (χ0n) is 16.5. The van der Waals surface area contributed by atoms with Crippen molar-refractivity contribution in [3.05, 3.63) is 96.1 Å². The Morgan fingerprint density at radius 1 is 0.933 bits per heavy atom. The van der Waals surface area contributed by atoms with Crippen molar-refractivity contribution in [2.24, 2.45) is 0 Å². The highest BCUT2D eigenvalue weighted by atomic mass is 32.2. The largest absolute Gasteiger partial charge is 0.487 e. The molecule has 2 aromatic heterocycles. The van der Waals surface area contributed by atoms with Crippen LogP contribution in [0.1, 0.15) is 35.8 Å². The second-order valence-corrected chi connectivity index (χ2v) is 8.26. The Labute approximate surface area is 180 Å². The average Bonchev–Trinajstić information content (AvgIpc) is 3.57. The molecule has 2 heterocycles. The summed E-state index contributed by atoms with van der Waals surface area (Å²) in [5, 5.41) is 5.60. The van der Waals surface area contributed by atoms with Crippen LogP contribution >= 0.6 is 11.8 Å². The van der Waals surface area contributed by atoms with Crippen LogP contribution in [0.3, 0.4) is 0 Å². The maximum Gasteiger partial charge on any atom is 0.209 e. The minimum atomic E-state index is 0.472. The van der Waals surface area contributed by atoms with E-state index in [9.17, 15) is 0 Å². The van der Waals surface area contributed by atoms with Gasteiger partial charge in [-0.15, -0.1) is 5.10 Å². The highest BCUT2D eigenvalue weighted by molar-refractivity contribution is 7.98. The molecule has 6 heteroatoms. The minimum Gasteiger partial charge on any atom is -0.487 e. The molecular weight excluding hydrogens is 392 g/mol. The SMILES string of the molecule is c1ccc(-n2nc(SCc3ccc(OCc4ccccn4)cc3)nc2C2CC2)cc1. The van der Waals surface area contributed by atoms with Crippen LogP contribution in [0.5, 0.6) is 5.75 Å². The summed E-state index contributed by atoms with van der Waals surface area (Å²) in [6, 6.07) is 24.3. The van der Waals surface area contributed by atoms with E-state index in [4.69, 9.17) is 14.8 Å². The van der Waals surface area contributed by atoms with Crippen LogP contribution < -0.4 is 4.74 Å². The molecule has 1 aliphatic rings. The van der Waals surface area contributed by atoms with Crippen molar-refractivity contribution in [2.45, 2.75) is 36.3 Å². The van der Waals surface area contributed by atoms with Gasteiger partial charge in [0.1, 0.15) is 18.2 Å². The smallest absolute Gasteiger partial charge is 0.209 e. The highest BCUT2D eigenvalue weighted by Crippen LogP contribution is 2.40. The van der Waals surface area contributed by atoms with E-state index in [1.807, 2.05) is 53.2 Å². The third kappa shape index (κ3) is 4.54. The molecule has 0 atom stereocenters. The van der Waals surface area contributed by atoms with Crippen molar-refractivity contribution < 1.29 is 4.74 Å². The Balaban J connectivity index is 1.22. The van der Waals surface area contributed by atoms with E-state index in [0.717, 1.165) is 33.9 Å². The molecule has 0 spiro atoms. The minimum absolute atomic E-state index is 0.472. The van der Waals surface area contributed by atoms with Crippen LogP contribution in [0.15, 0.2) is 84.1 Å². The molecule has 0 saturated heterocycles. The summed E-state index contributed by atoms with van der Waals surface area (Å²) >= 11 is 1.67. The first kappa shape index (κ1) is 18.9. The lowest BCUT2D eigenvalue weighted by Gasteiger charge is -2.06. The standard InChI is InChI=1S/C24H22N4OS/c1-2-7-21(8-3-1)28-23(19-11-12-19)26-24(27-28)30-17-18-9-13-22(14-10-18)29-16-20-6-4-5-15-25-20/h1-10,13-15,19H,11-12,16-17H2. The monoisotopic (exact) mass is 414 g/mol. The zero-order valence-corrected chi connectivity index (χ0v) is 17.3. The van der Waals surface area contributed by atoms with Gasteiger partial charge in [-0.05, 0) is 54.8 Å². The van der Waals surface area contributed by atoms with Crippen molar-refractivity contribution >= 4 is 11.8 Å². The van der Waals surface area contributed by atoms with Gasteiger partial charge in [0.15, 0.2) is 0 Å². The summed E-state index contributed by atoms with van der Waals surface area (Å²) in [6.45, 7) is 0.472. The van der Waals surface area contributed by atoms with Crippen LogP contribution in [0.25, 0.3) is 5.69 Å². The van der Waals surface area contributed by atoms with Gasteiger partial charge in [-0.3, -0.25) is 4.98 Å². The fraction of sp³-hybridized carbons (Fsp3) is 0.208. The molecule has 5 nitrogen and oxygen atoms in total. The van der Waals surface area contributed by atoms with E-state index >= 15 is 0 Å². The molecule has 5 rings (SSSR count). The van der Waals surface area contributed by atoms with Crippen LogP contribution in [-0.2, 0) is 12.4 Å². The van der Waals surface area contributed by atoms with Crippen LogP contribution in [0, 0.1) is 0 Å². The first-order valence-electron chi connectivity index (χ1n) is 10.1. The summed E-state index contributed by atoms with van der Waals surface area (Å²) < 4.78 is 7.82. The van der Waals surface area contributed by atoms with Crippen molar-refractivity contribution in [1.29, 1.82) is 0 Å². The predicted molar refractivity (Wildman–Crippen MR) is 118 cm³/mol. The lowest BCUT2D eigenvalue weighted by molar-refractivity contribution is 0.301. The third-order valence-electron chi connectivity index (χ3n) is 4.96. The first-order valence-corrected chi connectivity index (χ1v) is 11.1. The molecule has 0 N–H and O–H groups in total. The second kappa shape index (κ2) is 8.71. The molecule has 1 saturated carbocycles. The van der Waals surface area contributed by atoms with Crippen molar-refractivity contribution in [3.8, 4) is 11.4 Å². The number of nitrogens with zero attached hydrogens (tertiary/aromatic N) is 4. The van der Waals surface area contributed by atoms with E-state index in [1.165, 1.54) is 18.4 Å². The van der Waals surface area contributed by atoms with Gasteiger partial charge in [-0.25, -0.2) is 9.67 Å². The van der Waals surface area contributed by atoms with E-state index in [1.54, 1.807) is 18.0 Å². The Morgan fingerprint density at radius 2 is 1.73 bits per heavy atom. The quantitative estimate of drug-likeness (QED) is 0.361. The average molecular weight is 415 g/mol.